The Hall–Kier alpha value is -0.160. The van der Waals surface area contributed by atoms with Gasteiger partial charge in [0.05, 0.1) is 24.4 Å². The summed E-state index contributed by atoms with van der Waals surface area (Å²) in [4.78, 5) is 0. The zero-order valence-corrected chi connectivity index (χ0v) is 18.6. The average Bonchev–Trinajstić information content (AvgIpc) is 2.64. The second-order valence-electron chi connectivity index (χ2n) is 10.8. The summed E-state index contributed by atoms with van der Waals surface area (Å²) in [6.07, 6.45) is 6.15. The largest absolute Gasteiger partial charge is 0.393 e. The topological polar surface area (TPSA) is 69.9 Å². The van der Waals surface area contributed by atoms with Crippen LogP contribution in [-0.4, -0.2) is 46.8 Å². The van der Waals surface area contributed by atoms with Crippen LogP contribution in [0.3, 0.4) is 0 Å². The Morgan fingerprint density at radius 1 is 0.679 bits per heavy atom. The zero-order chi connectivity index (χ0) is 20.6. The first kappa shape index (κ1) is 22.5. The predicted molar refractivity (Wildman–Crippen MR) is 112 cm³/mol. The molecule has 164 valence electrons. The number of aliphatic hydroxyl groups excluding tert-OH is 3. The van der Waals surface area contributed by atoms with Crippen LogP contribution in [0.25, 0.3) is 0 Å². The Morgan fingerprint density at radius 2 is 1.18 bits per heavy atom. The number of methoxy groups -OCH3 is 1. The second kappa shape index (κ2) is 9.32. The van der Waals surface area contributed by atoms with E-state index in [9.17, 15) is 15.3 Å². The van der Waals surface area contributed by atoms with Crippen LogP contribution in [0.4, 0.5) is 0 Å². The normalized spacial score (nSPS) is 51.6. The molecule has 3 aliphatic carbocycles. The Balaban J connectivity index is 1.92. The van der Waals surface area contributed by atoms with Gasteiger partial charge in [0.25, 0.3) is 0 Å². The monoisotopic (exact) mass is 396 g/mol. The molecule has 0 aromatic heterocycles. The summed E-state index contributed by atoms with van der Waals surface area (Å²) < 4.78 is 5.66. The second-order valence-corrected chi connectivity index (χ2v) is 10.8. The Labute approximate surface area is 172 Å². The summed E-state index contributed by atoms with van der Waals surface area (Å²) in [7, 11) is 1.73. The molecule has 0 amide bonds. The quantitative estimate of drug-likeness (QED) is 0.675. The molecule has 0 saturated heterocycles. The summed E-state index contributed by atoms with van der Waals surface area (Å²) >= 11 is 0. The predicted octanol–water partition coefficient (Wildman–Crippen LogP) is 3.86. The van der Waals surface area contributed by atoms with Crippen LogP contribution in [0, 0.1) is 47.3 Å². The van der Waals surface area contributed by atoms with Crippen LogP contribution in [0.1, 0.15) is 72.6 Å². The maximum absolute atomic E-state index is 11.2. The molecule has 3 rings (SSSR count). The van der Waals surface area contributed by atoms with Crippen LogP contribution in [0.15, 0.2) is 0 Å². The maximum atomic E-state index is 11.2. The minimum absolute atomic E-state index is 0.0509. The summed E-state index contributed by atoms with van der Waals surface area (Å²) in [6.45, 7) is 8.99. The molecule has 0 heterocycles. The highest BCUT2D eigenvalue weighted by molar-refractivity contribution is 4.98. The number of hydrogen-bond acceptors (Lipinski definition) is 4. The molecular formula is C24H44O4. The molecule has 0 aromatic carbocycles. The average molecular weight is 397 g/mol. The SMILES string of the molecule is COC1CCCC(C(C2CC(C)C(O)CC2C)C2CC(C)C(O)CC2C)C1O. The van der Waals surface area contributed by atoms with Gasteiger partial charge in [-0.1, -0.05) is 34.1 Å². The van der Waals surface area contributed by atoms with Gasteiger partial charge in [-0.2, -0.15) is 0 Å². The zero-order valence-electron chi connectivity index (χ0n) is 18.6. The number of ether oxygens (including phenoxy) is 1. The van der Waals surface area contributed by atoms with Crippen molar-refractivity contribution >= 4 is 0 Å². The standard InChI is InChI=1S/C24H44O4/c1-13-11-20(25)15(3)9-18(13)23(17-7-6-8-22(28-5)24(17)27)19-10-16(4)21(26)12-14(19)2/h13-27H,6-12H2,1-5H3. The highest BCUT2D eigenvalue weighted by Crippen LogP contribution is 2.52. The van der Waals surface area contributed by atoms with E-state index in [-0.39, 0.29) is 24.2 Å². The lowest BCUT2D eigenvalue weighted by molar-refractivity contribution is -0.124. The van der Waals surface area contributed by atoms with Gasteiger partial charge in [-0.05, 0) is 85.9 Å². The van der Waals surface area contributed by atoms with E-state index < -0.39 is 6.10 Å². The number of hydrogen-bond donors (Lipinski definition) is 3. The Kier molecular flexibility index (Phi) is 7.50. The van der Waals surface area contributed by atoms with Gasteiger partial charge in [0.15, 0.2) is 0 Å². The van der Waals surface area contributed by atoms with E-state index in [4.69, 9.17) is 4.74 Å². The van der Waals surface area contributed by atoms with Gasteiger partial charge in [-0.15, -0.1) is 0 Å². The van der Waals surface area contributed by atoms with Crippen molar-refractivity contribution in [3.63, 3.8) is 0 Å². The van der Waals surface area contributed by atoms with E-state index in [1.807, 2.05) is 0 Å². The van der Waals surface area contributed by atoms with E-state index in [2.05, 4.69) is 27.7 Å². The third kappa shape index (κ3) is 4.45. The third-order valence-corrected chi connectivity index (χ3v) is 8.92. The summed E-state index contributed by atoms with van der Waals surface area (Å²) in [5, 5.41) is 32.1. The minimum atomic E-state index is -0.396. The molecule has 11 atom stereocenters. The molecule has 28 heavy (non-hydrogen) atoms. The molecule has 3 fully saturated rings. The third-order valence-electron chi connectivity index (χ3n) is 8.92. The molecule has 0 bridgehead atoms. The maximum Gasteiger partial charge on any atom is 0.0833 e. The molecule has 4 heteroatoms. The van der Waals surface area contributed by atoms with Crippen molar-refractivity contribution in [1.29, 1.82) is 0 Å². The molecular weight excluding hydrogens is 352 g/mol. The van der Waals surface area contributed by atoms with Crippen molar-refractivity contribution in [2.24, 2.45) is 47.3 Å². The van der Waals surface area contributed by atoms with E-state index in [0.29, 0.717) is 41.4 Å². The number of rotatable bonds is 4. The molecule has 3 saturated carbocycles. The van der Waals surface area contributed by atoms with E-state index in [1.165, 1.54) is 0 Å². The highest BCUT2D eigenvalue weighted by atomic mass is 16.5. The van der Waals surface area contributed by atoms with Gasteiger partial charge >= 0.3 is 0 Å². The lowest BCUT2D eigenvalue weighted by Crippen LogP contribution is -2.51. The van der Waals surface area contributed by atoms with Gasteiger partial charge < -0.3 is 20.1 Å². The van der Waals surface area contributed by atoms with Gasteiger partial charge in [-0.3, -0.25) is 0 Å². The first-order valence-corrected chi connectivity index (χ1v) is 11.8. The summed E-state index contributed by atoms with van der Waals surface area (Å²) in [6, 6.07) is 0. The van der Waals surface area contributed by atoms with E-state index in [1.54, 1.807) is 7.11 Å². The van der Waals surface area contributed by atoms with Crippen molar-refractivity contribution in [3.05, 3.63) is 0 Å². The smallest absolute Gasteiger partial charge is 0.0833 e. The summed E-state index contributed by atoms with van der Waals surface area (Å²) in [5.74, 6) is 3.37. The summed E-state index contributed by atoms with van der Waals surface area (Å²) in [5.41, 5.74) is 0. The lowest BCUT2D eigenvalue weighted by Gasteiger charge is -2.52. The fourth-order valence-corrected chi connectivity index (χ4v) is 7.09. The molecule has 0 aliphatic heterocycles. The van der Waals surface area contributed by atoms with E-state index >= 15 is 0 Å². The molecule has 0 aromatic rings. The fraction of sp³-hybridized carbons (Fsp3) is 1.00. The molecule has 4 nitrogen and oxygen atoms in total. The van der Waals surface area contributed by atoms with Crippen LogP contribution in [0.5, 0.6) is 0 Å². The fourth-order valence-electron chi connectivity index (χ4n) is 7.09. The molecule has 3 aliphatic rings. The van der Waals surface area contributed by atoms with Gasteiger partial charge in [0.1, 0.15) is 0 Å². The van der Waals surface area contributed by atoms with E-state index in [0.717, 1.165) is 44.9 Å². The molecule has 3 N–H and O–H groups in total. The van der Waals surface area contributed by atoms with Gasteiger partial charge in [-0.25, -0.2) is 0 Å². The molecule has 11 unspecified atom stereocenters. The molecule has 0 radical (unpaired) electrons. The van der Waals surface area contributed by atoms with Crippen LogP contribution in [-0.2, 0) is 4.74 Å². The minimum Gasteiger partial charge on any atom is -0.393 e. The van der Waals surface area contributed by atoms with Crippen molar-refractivity contribution in [3.8, 4) is 0 Å². The first-order chi connectivity index (χ1) is 13.2. The van der Waals surface area contributed by atoms with Gasteiger partial charge in [0, 0.05) is 7.11 Å². The Morgan fingerprint density at radius 3 is 1.64 bits per heavy atom. The van der Waals surface area contributed by atoms with Crippen molar-refractivity contribution in [1.82, 2.24) is 0 Å². The van der Waals surface area contributed by atoms with Crippen molar-refractivity contribution < 1.29 is 20.1 Å². The van der Waals surface area contributed by atoms with Crippen LogP contribution < -0.4 is 0 Å². The van der Waals surface area contributed by atoms with Gasteiger partial charge in [0.2, 0.25) is 0 Å². The van der Waals surface area contributed by atoms with Crippen LogP contribution >= 0.6 is 0 Å². The first-order valence-electron chi connectivity index (χ1n) is 11.8. The molecule has 0 spiro atoms. The van der Waals surface area contributed by atoms with Crippen LogP contribution in [0.2, 0.25) is 0 Å². The Bertz CT molecular complexity index is 464. The van der Waals surface area contributed by atoms with Crippen molar-refractivity contribution in [2.75, 3.05) is 7.11 Å². The highest BCUT2D eigenvalue weighted by Gasteiger charge is 2.49. The van der Waals surface area contributed by atoms with Crippen molar-refractivity contribution in [2.45, 2.75) is 97.1 Å². The number of aliphatic hydroxyl groups is 3. The lowest BCUT2D eigenvalue weighted by atomic mass is 9.54.